The summed E-state index contributed by atoms with van der Waals surface area (Å²) < 4.78 is 0. The zero-order chi connectivity index (χ0) is 11.5. The Bertz CT molecular complexity index is 522. The van der Waals surface area contributed by atoms with Gasteiger partial charge in [0.05, 0.1) is 0 Å². The summed E-state index contributed by atoms with van der Waals surface area (Å²) >= 11 is 0. The fourth-order valence-corrected chi connectivity index (χ4v) is 1.40. The first kappa shape index (κ1) is 10.4. The molecular formula is C11H10N4O. The summed E-state index contributed by atoms with van der Waals surface area (Å²) in [7, 11) is 0. The Morgan fingerprint density at radius 2 is 1.75 bits per heavy atom. The minimum Gasteiger partial charge on any atom is -0.298 e. The molecular weight excluding hydrogens is 204 g/mol. The van der Waals surface area contributed by atoms with Gasteiger partial charge in [-0.3, -0.25) is 4.79 Å². The van der Waals surface area contributed by atoms with Gasteiger partial charge >= 0.3 is 0 Å². The van der Waals surface area contributed by atoms with Gasteiger partial charge in [0, 0.05) is 11.1 Å². The molecule has 5 nitrogen and oxygen atoms in total. The highest BCUT2D eigenvalue weighted by Crippen LogP contribution is 2.19. The molecule has 0 saturated heterocycles. The monoisotopic (exact) mass is 214 g/mol. The summed E-state index contributed by atoms with van der Waals surface area (Å²) in [5.41, 5.74) is 2.40. The Kier molecular flexibility index (Phi) is 2.68. The Hall–Kier alpha value is -2.17. The van der Waals surface area contributed by atoms with Crippen molar-refractivity contribution in [1.29, 1.82) is 0 Å². The molecule has 1 aromatic carbocycles. The van der Waals surface area contributed by atoms with Gasteiger partial charge in [-0.2, -0.15) is 0 Å². The van der Waals surface area contributed by atoms with Gasteiger partial charge in [-0.15, -0.1) is 20.4 Å². The maximum atomic E-state index is 10.6. The summed E-state index contributed by atoms with van der Waals surface area (Å²) in [6.07, 6.45) is 0.809. The second-order valence-electron chi connectivity index (χ2n) is 3.46. The number of benzene rings is 1. The summed E-state index contributed by atoms with van der Waals surface area (Å²) in [5.74, 6) is 1.01. The van der Waals surface area contributed by atoms with Crippen molar-refractivity contribution in [2.24, 2.45) is 0 Å². The number of aryl methyl sites for hydroxylation is 2. The first-order valence-electron chi connectivity index (χ1n) is 4.81. The minimum absolute atomic E-state index is 0.473. The van der Waals surface area contributed by atoms with Gasteiger partial charge in [-0.1, -0.05) is 12.1 Å². The van der Waals surface area contributed by atoms with Crippen LogP contribution in [0.4, 0.5) is 0 Å². The molecule has 0 amide bonds. The first-order valence-corrected chi connectivity index (χ1v) is 4.81. The van der Waals surface area contributed by atoms with E-state index in [1.807, 2.05) is 6.92 Å². The molecule has 0 saturated carbocycles. The fourth-order valence-electron chi connectivity index (χ4n) is 1.40. The van der Waals surface area contributed by atoms with Crippen LogP contribution in [-0.2, 0) is 0 Å². The van der Waals surface area contributed by atoms with Crippen LogP contribution >= 0.6 is 0 Å². The SMILES string of the molecule is Cc1nnc(-c2ccc(C=O)cc2C)nn1. The van der Waals surface area contributed by atoms with Crippen molar-refractivity contribution < 1.29 is 4.79 Å². The van der Waals surface area contributed by atoms with Crippen LogP contribution in [0.25, 0.3) is 11.4 Å². The van der Waals surface area contributed by atoms with Crippen LogP contribution in [0.5, 0.6) is 0 Å². The zero-order valence-electron chi connectivity index (χ0n) is 9.01. The third-order valence-electron chi connectivity index (χ3n) is 2.21. The van der Waals surface area contributed by atoms with Crippen LogP contribution in [0.15, 0.2) is 18.2 Å². The van der Waals surface area contributed by atoms with Gasteiger partial charge < -0.3 is 0 Å². The normalized spacial score (nSPS) is 10.1. The van der Waals surface area contributed by atoms with Gasteiger partial charge in [0.15, 0.2) is 5.82 Å². The third-order valence-corrected chi connectivity index (χ3v) is 2.21. The molecule has 0 aliphatic heterocycles. The van der Waals surface area contributed by atoms with Crippen LogP contribution < -0.4 is 0 Å². The molecule has 0 unspecified atom stereocenters. The molecule has 0 N–H and O–H groups in total. The Labute approximate surface area is 92.6 Å². The van der Waals surface area contributed by atoms with Gasteiger partial charge in [0.1, 0.15) is 6.29 Å². The largest absolute Gasteiger partial charge is 0.298 e. The van der Waals surface area contributed by atoms with Gasteiger partial charge in [-0.25, -0.2) is 0 Å². The Balaban J connectivity index is 2.48. The topological polar surface area (TPSA) is 68.6 Å². The van der Waals surface area contributed by atoms with Crippen LogP contribution in [-0.4, -0.2) is 26.7 Å². The molecule has 0 radical (unpaired) electrons. The van der Waals surface area contributed by atoms with Gasteiger partial charge in [-0.05, 0) is 25.5 Å². The number of hydrogen-bond donors (Lipinski definition) is 0. The summed E-state index contributed by atoms with van der Waals surface area (Å²) in [4.78, 5) is 10.6. The highest BCUT2D eigenvalue weighted by atomic mass is 16.1. The summed E-state index contributed by atoms with van der Waals surface area (Å²) in [5, 5.41) is 15.6. The lowest BCUT2D eigenvalue weighted by Crippen LogP contribution is -2.00. The molecule has 16 heavy (non-hydrogen) atoms. The highest BCUT2D eigenvalue weighted by Gasteiger charge is 2.06. The van der Waals surface area contributed by atoms with Crippen LogP contribution in [0.3, 0.4) is 0 Å². The van der Waals surface area contributed by atoms with Crippen molar-refractivity contribution >= 4 is 6.29 Å². The minimum atomic E-state index is 0.473. The standard InChI is InChI=1S/C11H10N4O/c1-7-5-9(6-16)3-4-10(7)11-14-12-8(2)13-15-11/h3-6H,1-2H3. The summed E-state index contributed by atoms with van der Waals surface area (Å²) in [6, 6.07) is 5.30. The third kappa shape index (κ3) is 1.93. The van der Waals surface area contributed by atoms with E-state index in [-0.39, 0.29) is 0 Å². The van der Waals surface area contributed by atoms with E-state index in [0.29, 0.717) is 17.2 Å². The average molecular weight is 214 g/mol. The smallest absolute Gasteiger partial charge is 0.203 e. The zero-order valence-corrected chi connectivity index (χ0v) is 9.01. The maximum Gasteiger partial charge on any atom is 0.203 e. The van der Waals surface area contributed by atoms with E-state index in [2.05, 4.69) is 20.4 Å². The quantitative estimate of drug-likeness (QED) is 0.706. The Morgan fingerprint density at radius 1 is 1.06 bits per heavy atom. The van der Waals surface area contributed by atoms with E-state index in [1.165, 1.54) is 0 Å². The van der Waals surface area contributed by atoms with Gasteiger partial charge in [0.2, 0.25) is 5.82 Å². The molecule has 1 heterocycles. The number of nitrogens with zero attached hydrogens (tertiary/aromatic N) is 4. The predicted molar refractivity (Wildman–Crippen MR) is 57.9 cm³/mol. The Morgan fingerprint density at radius 3 is 2.31 bits per heavy atom. The molecule has 80 valence electrons. The molecule has 0 bridgehead atoms. The molecule has 0 aliphatic rings. The molecule has 0 atom stereocenters. The lowest BCUT2D eigenvalue weighted by Gasteiger charge is -2.03. The van der Waals surface area contributed by atoms with Crippen LogP contribution in [0.2, 0.25) is 0 Å². The summed E-state index contributed by atoms with van der Waals surface area (Å²) in [6.45, 7) is 3.62. The second-order valence-corrected chi connectivity index (χ2v) is 3.46. The first-order chi connectivity index (χ1) is 7.70. The molecule has 1 aromatic heterocycles. The van der Waals surface area contributed by atoms with E-state index in [9.17, 15) is 4.79 Å². The van der Waals surface area contributed by atoms with Crippen molar-refractivity contribution in [1.82, 2.24) is 20.4 Å². The van der Waals surface area contributed by atoms with E-state index in [4.69, 9.17) is 0 Å². The fraction of sp³-hybridized carbons (Fsp3) is 0.182. The van der Waals surface area contributed by atoms with E-state index < -0.39 is 0 Å². The van der Waals surface area contributed by atoms with Crippen molar-refractivity contribution in [2.75, 3.05) is 0 Å². The second kappa shape index (κ2) is 4.14. The van der Waals surface area contributed by atoms with Crippen molar-refractivity contribution in [3.63, 3.8) is 0 Å². The number of aldehydes is 1. The van der Waals surface area contributed by atoms with Gasteiger partial charge in [0.25, 0.3) is 0 Å². The predicted octanol–water partition coefficient (Wildman–Crippen LogP) is 1.36. The molecule has 2 rings (SSSR count). The van der Waals surface area contributed by atoms with Crippen LogP contribution in [0.1, 0.15) is 21.7 Å². The number of hydrogen-bond acceptors (Lipinski definition) is 5. The van der Waals surface area contributed by atoms with Crippen molar-refractivity contribution in [3.05, 3.63) is 35.2 Å². The average Bonchev–Trinajstić information content (AvgIpc) is 2.30. The lowest BCUT2D eigenvalue weighted by molar-refractivity contribution is 0.112. The van der Waals surface area contributed by atoms with Crippen molar-refractivity contribution in [2.45, 2.75) is 13.8 Å². The van der Waals surface area contributed by atoms with E-state index in [1.54, 1.807) is 25.1 Å². The lowest BCUT2D eigenvalue weighted by atomic mass is 10.1. The van der Waals surface area contributed by atoms with Crippen LogP contribution in [0, 0.1) is 13.8 Å². The molecule has 0 fully saturated rings. The number of aromatic nitrogens is 4. The molecule has 0 aliphatic carbocycles. The van der Waals surface area contributed by atoms with E-state index in [0.717, 1.165) is 17.4 Å². The van der Waals surface area contributed by atoms with Crippen molar-refractivity contribution in [3.8, 4) is 11.4 Å². The number of rotatable bonds is 2. The van der Waals surface area contributed by atoms with E-state index >= 15 is 0 Å². The highest BCUT2D eigenvalue weighted by molar-refractivity contribution is 5.77. The number of carbonyl (C=O) groups excluding carboxylic acids is 1. The molecule has 5 heteroatoms. The maximum absolute atomic E-state index is 10.6. The molecule has 2 aromatic rings. The number of carbonyl (C=O) groups is 1. The molecule has 0 spiro atoms.